The Hall–Kier alpha value is -0.0800. The Morgan fingerprint density at radius 1 is 1.27 bits per heavy atom. The van der Waals surface area contributed by atoms with Gasteiger partial charge in [0.05, 0.1) is 0 Å². The van der Waals surface area contributed by atoms with Crippen molar-refractivity contribution in [1.82, 2.24) is 0 Å². The maximum absolute atomic E-state index is 5.98. The minimum atomic E-state index is 0.373. The van der Waals surface area contributed by atoms with Crippen molar-refractivity contribution < 1.29 is 0 Å². The van der Waals surface area contributed by atoms with E-state index in [0.717, 1.165) is 12.3 Å². The lowest BCUT2D eigenvalue weighted by Crippen LogP contribution is -2.41. The van der Waals surface area contributed by atoms with Crippen LogP contribution in [0.5, 0.6) is 0 Å². The van der Waals surface area contributed by atoms with Gasteiger partial charge in [0.15, 0.2) is 0 Å². The van der Waals surface area contributed by atoms with Gasteiger partial charge >= 0.3 is 0 Å². The molecule has 3 atom stereocenters. The molecule has 11 heavy (non-hydrogen) atoms. The molecule has 0 spiro atoms. The SMILES string of the molecule is CCCC1CCC(N)CC1N. The summed E-state index contributed by atoms with van der Waals surface area (Å²) in [6, 6.07) is 0.747. The van der Waals surface area contributed by atoms with Gasteiger partial charge in [-0.2, -0.15) is 0 Å². The second kappa shape index (κ2) is 4.07. The summed E-state index contributed by atoms with van der Waals surface area (Å²) in [4.78, 5) is 0. The molecule has 0 aliphatic heterocycles. The van der Waals surface area contributed by atoms with Crippen molar-refractivity contribution in [2.75, 3.05) is 0 Å². The van der Waals surface area contributed by atoms with E-state index >= 15 is 0 Å². The zero-order valence-electron chi connectivity index (χ0n) is 7.42. The fourth-order valence-corrected chi connectivity index (χ4v) is 2.03. The summed E-state index contributed by atoms with van der Waals surface area (Å²) in [5, 5.41) is 0. The third-order valence-corrected chi connectivity index (χ3v) is 2.75. The van der Waals surface area contributed by atoms with Gasteiger partial charge in [0.25, 0.3) is 0 Å². The monoisotopic (exact) mass is 156 g/mol. The first-order chi connectivity index (χ1) is 5.24. The lowest BCUT2D eigenvalue weighted by atomic mass is 9.80. The third kappa shape index (κ3) is 2.46. The van der Waals surface area contributed by atoms with Crippen molar-refractivity contribution in [1.29, 1.82) is 0 Å². The van der Waals surface area contributed by atoms with Crippen LogP contribution in [-0.2, 0) is 0 Å². The van der Waals surface area contributed by atoms with Gasteiger partial charge in [-0.3, -0.25) is 0 Å². The van der Waals surface area contributed by atoms with E-state index in [4.69, 9.17) is 11.5 Å². The zero-order chi connectivity index (χ0) is 8.27. The van der Waals surface area contributed by atoms with Crippen LogP contribution in [0.4, 0.5) is 0 Å². The van der Waals surface area contributed by atoms with Gasteiger partial charge in [-0.15, -0.1) is 0 Å². The van der Waals surface area contributed by atoms with E-state index in [-0.39, 0.29) is 0 Å². The summed E-state index contributed by atoms with van der Waals surface area (Å²) < 4.78 is 0. The molecule has 0 saturated heterocycles. The Morgan fingerprint density at radius 3 is 2.55 bits per heavy atom. The van der Waals surface area contributed by atoms with E-state index in [1.807, 2.05) is 0 Å². The molecular formula is C9H20N2. The molecule has 0 aromatic carbocycles. The molecular weight excluding hydrogens is 136 g/mol. The summed E-state index contributed by atoms with van der Waals surface area (Å²) in [5.41, 5.74) is 11.8. The first-order valence-electron chi connectivity index (χ1n) is 4.75. The minimum absolute atomic E-state index is 0.373. The molecule has 0 heterocycles. The molecule has 0 aromatic rings. The molecule has 66 valence electrons. The van der Waals surface area contributed by atoms with E-state index in [2.05, 4.69) is 6.92 Å². The molecule has 1 aliphatic carbocycles. The van der Waals surface area contributed by atoms with Crippen LogP contribution in [0.1, 0.15) is 39.0 Å². The number of nitrogens with two attached hydrogens (primary N) is 2. The van der Waals surface area contributed by atoms with E-state index in [0.29, 0.717) is 12.1 Å². The van der Waals surface area contributed by atoms with Crippen LogP contribution in [-0.4, -0.2) is 12.1 Å². The molecule has 0 aromatic heterocycles. The van der Waals surface area contributed by atoms with Crippen molar-refractivity contribution in [3.05, 3.63) is 0 Å². The van der Waals surface area contributed by atoms with Gasteiger partial charge in [0, 0.05) is 12.1 Å². The predicted octanol–water partition coefficient (Wildman–Crippen LogP) is 1.24. The van der Waals surface area contributed by atoms with E-state index < -0.39 is 0 Å². The molecule has 0 amide bonds. The molecule has 2 nitrogen and oxygen atoms in total. The summed E-state index contributed by atoms with van der Waals surface area (Å²) >= 11 is 0. The van der Waals surface area contributed by atoms with E-state index in [1.54, 1.807) is 0 Å². The van der Waals surface area contributed by atoms with Crippen LogP contribution >= 0.6 is 0 Å². The van der Waals surface area contributed by atoms with Gasteiger partial charge in [0.1, 0.15) is 0 Å². The van der Waals surface area contributed by atoms with Crippen LogP contribution in [0.3, 0.4) is 0 Å². The van der Waals surface area contributed by atoms with Crippen molar-refractivity contribution in [2.45, 2.75) is 51.1 Å². The smallest absolute Gasteiger partial charge is 0.00818 e. The van der Waals surface area contributed by atoms with Crippen molar-refractivity contribution in [3.8, 4) is 0 Å². The molecule has 0 bridgehead atoms. The molecule has 1 aliphatic rings. The highest BCUT2D eigenvalue weighted by atomic mass is 14.7. The molecule has 1 fully saturated rings. The van der Waals surface area contributed by atoms with Crippen LogP contribution in [0.25, 0.3) is 0 Å². The van der Waals surface area contributed by atoms with Crippen LogP contribution in [0.15, 0.2) is 0 Å². The lowest BCUT2D eigenvalue weighted by molar-refractivity contribution is 0.266. The summed E-state index contributed by atoms with van der Waals surface area (Å²) in [6.45, 7) is 2.22. The van der Waals surface area contributed by atoms with Gasteiger partial charge in [-0.1, -0.05) is 13.3 Å². The van der Waals surface area contributed by atoms with Crippen molar-refractivity contribution >= 4 is 0 Å². The molecule has 4 N–H and O–H groups in total. The maximum Gasteiger partial charge on any atom is 0.00818 e. The average Bonchev–Trinajstić information content (AvgIpc) is 1.95. The largest absolute Gasteiger partial charge is 0.328 e. The normalized spacial score (nSPS) is 39.0. The average molecular weight is 156 g/mol. The Labute approximate surface area is 69.3 Å². The van der Waals surface area contributed by atoms with E-state index in [9.17, 15) is 0 Å². The summed E-state index contributed by atoms with van der Waals surface area (Å²) in [5.74, 6) is 0.750. The first kappa shape index (κ1) is 9.01. The summed E-state index contributed by atoms with van der Waals surface area (Å²) in [6.07, 6.45) is 6.00. The zero-order valence-corrected chi connectivity index (χ0v) is 7.42. The molecule has 1 rings (SSSR count). The predicted molar refractivity (Wildman–Crippen MR) is 48.2 cm³/mol. The lowest BCUT2D eigenvalue weighted by Gasteiger charge is -2.31. The molecule has 1 saturated carbocycles. The Morgan fingerprint density at radius 2 is 2.00 bits per heavy atom. The Kier molecular flexibility index (Phi) is 3.34. The molecule has 2 heteroatoms. The topological polar surface area (TPSA) is 52.0 Å². The maximum atomic E-state index is 5.98. The fraction of sp³-hybridized carbons (Fsp3) is 1.00. The number of hydrogen-bond acceptors (Lipinski definition) is 2. The van der Waals surface area contributed by atoms with Gasteiger partial charge < -0.3 is 11.5 Å². The third-order valence-electron chi connectivity index (χ3n) is 2.75. The Bertz CT molecular complexity index is 114. The highest BCUT2D eigenvalue weighted by Crippen LogP contribution is 2.25. The first-order valence-corrected chi connectivity index (χ1v) is 4.75. The fourth-order valence-electron chi connectivity index (χ4n) is 2.03. The summed E-state index contributed by atoms with van der Waals surface area (Å²) in [7, 11) is 0. The second-order valence-corrected chi connectivity index (χ2v) is 3.79. The minimum Gasteiger partial charge on any atom is -0.328 e. The highest BCUT2D eigenvalue weighted by Gasteiger charge is 2.24. The number of hydrogen-bond donors (Lipinski definition) is 2. The van der Waals surface area contributed by atoms with Gasteiger partial charge in [0.2, 0.25) is 0 Å². The standard InChI is InChI=1S/C9H20N2/c1-2-3-7-4-5-8(10)6-9(7)11/h7-9H,2-6,10-11H2,1H3. The van der Waals surface area contributed by atoms with Crippen LogP contribution in [0, 0.1) is 5.92 Å². The quantitative estimate of drug-likeness (QED) is 0.632. The van der Waals surface area contributed by atoms with Gasteiger partial charge in [-0.05, 0) is 31.6 Å². The second-order valence-electron chi connectivity index (χ2n) is 3.79. The Balaban J connectivity index is 2.31. The highest BCUT2D eigenvalue weighted by molar-refractivity contribution is 4.83. The van der Waals surface area contributed by atoms with Crippen molar-refractivity contribution in [2.24, 2.45) is 17.4 Å². The molecule has 3 unspecified atom stereocenters. The van der Waals surface area contributed by atoms with E-state index in [1.165, 1.54) is 25.7 Å². The molecule has 0 radical (unpaired) electrons. The number of rotatable bonds is 2. The van der Waals surface area contributed by atoms with Gasteiger partial charge in [-0.25, -0.2) is 0 Å². The van der Waals surface area contributed by atoms with Crippen molar-refractivity contribution in [3.63, 3.8) is 0 Å². The van der Waals surface area contributed by atoms with Crippen LogP contribution < -0.4 is 11.5 Å². The van der Waals surface area contributed by atoms with Crippen LogP contribution in [0.2, 0.25) is 0 Å².